The zero-order valence-corrected chi connectivity index (χ0v) is 12.2. The summed E-state index contributed by atoms with van der Waals surface area (Å²) in [7, 11) is 1.64. The van der Waals surface area contributed by atoms with Gasteiger partial charge in [-0.3, -0.25) is 0 Å². The van der Waals surface area contributed by atoms with Gasteiger partial charge in [0, 0.05) is 0 Å². The molecular weight excluding hydrogens is 297 g/mol. The summed E-state index contributed by atoms with van der Waals surface area (Å²) in [6, 6.07) is 11.3. The van der Waals surface area contributed by atoms with Gasteiger partial charge in [0.15, 0.2) is 0 Å². The lowest BCUT2D eigenvalue weighted by molar-refractivity contribution is 0.414. The first kappa shape index (κ1) is 13.2. The summed E-state index contributed by atoms with van der Waals surface area (Å²) < 4.78 is 6.93. The zero-order chi connectivity index (χ0) is 14.1. The minimum absolute atomic E-state index is 0.482. The average molecular weight is 308 g/mol. The normalized spacial score (nSPS) is 10.9. The first-order valence-corrected chi connectivity index (χ1v) is 6.74. The lowest BCUT2D eigenvalue weighted by atomic mass is 10.2. The summed E-state index contributed by atoms with van der Waals surface area (Å²) >= 11 is 12.0. The van der Waals surface area contributed by atoms with Crippen LogP contribution in [0.1, 0.15) is 5.56 Å². The Labute approximate surface area is 125 Å². The molecule has 1 heterocycles. The van der Waals surface area contributed by atoms with E-state index in [-0.39, 0.29) is 0 Å². The van der Waals surface area contributed by atoms with Crippen molar-refractivity contribution >= 4 is 34.2 Å². The summed E-state index contributed by atoms with van der Waals surface area (Å²) in [6.07, 6.45) is 0. The molecule has 0 radical (unpaired) electrons. The molecule has 0 spiro atoms. The molecule has 3 rings (SSSR count). The number of nitrogens with zero attached hydrogens (tertiary/aromatic N) is 3. The molecule has 0 N–H and O–H groups in total. The van der Waals surface area contributed by atoms with Gasteiger partial charge in [-0.1, -0.05) is 40.5 Å². The number of ether oxygens (including phenoxy) is 1. The minimum atomic E-state index is 0.482. The number of aromatic nitrogens is 3. The van der Waals surface area contributed by atoms with E-state index in [0.29, 0.717) is 16.6 Å². The van der Waals surface area contributed by atoms with Gasteiger partial charge < -0.3 is 4.74 Å². The fraction of sp³-hybridized carbons (Fsp3) is 0.143. The van der Waals surface area contributed by atoms with Gasteiger partial charge in [0.05, 0.1) is 29.2 Å². The Morgan fingerprint density at radius 2 is 1.80 bits per heavy atom. The smallest absolute Gasteiger partial charge is 0.118 e. The SMILES string of the molecule is COc1ccc(Cn2nnc3cc(Cl)c(Cl)cc32)cc1. The maximum absolute atomic E-state index is 6.04. The van der Waals surface area contributed by atoms with Crippen LogP contribution in [0.25, 0.3) is 11.0 Å². The molecule has 0 amide bonds. The van der Waals surface area contributed by atoms with Gasteiger partial charge in [-0.2, -0.15) is 0 Å². The highest BCUT2D eigenvalue weighted by atomic mass is 35.5. The molecule has 0 bridgehead atoms. The van der Waals surface area contributed by atoms with Crippen LogP contribution in [0, 0.1) is 0 Å². The Balaban J connectivity index is 1.95. The van der Waals surface area contributed by atoms with E-state index in [1.165, 1.54) is 0 Å². The van der Waals surface area contributed by atoms with E-state index in [9.17, 15) is 0 Å². The fourth-order valence-electron chi connectivity index (χ4n) is 1.98. The molecule has 102 valence electrons. The third-order valence-corrected chi connectivity index (χ3v) is 3.77. The van der Waals surface area contributed by atoms with E-state index in [1.54, 1.807) is 23.9 Å². The molecule has 0 atom stereocenters. The van der Waals surface area contributed by atoms with E-state index in [1.807, 2.05) is 24.3 Å². The monoisotopic (exact) mass is 307 g/mol. The quantitative estimate of drug-likeness (QED) is 0.739. The third-order valence-electron chi connectivity index (χ3n) is 3.05. The summed E-state index contributed by atoms with van der Waals surface area (Å²) in [5.74, 6) is 0.826. The first-order valence-electron chi connectivity index (χ1n) is 5.98. The van der Waals surface area contributed by atoms with Gasteiger partial charge in [0.1, 0.15) is 11.3 Å². The van der Waals surface area contributed by atoms with E-state index < -0.39 is 0 Å². The van der Waals surface area contributed by atoms with Crippen LogP contribution < -0.4 is 4.74 Å². The van der Waals surface area contributed by atoms with Gasteiger partial charge in [-0.15, -0.1) is 5.10 Å². The van der Waals surface area contributed by atoms with Crippen LogP contribution in [-0.2, 0) is 6.54 Å². The topological polar surface area (TPSA) is 39.9 Å². The molecule has 20 heavy (non-hydrogen) atoms. The fourth-order valence-corrected chi connectivity index (χ4v) is 2.30. The van der Waals surface area contributed by atoms with Gasteiger partial charge in [-0.25, -0.2) is 4.68 Å². The molecule has 6 heteroatoms. The summed E-state index contributed by atoms with van der Waals surface area (Å²) in [5.41, 5.74) is 2.69. The third kappa shape index (κ3) is 2.44. The number of halogens is 2. The molecule has 0 saturated carbocycles. The second-order valence-electron chi connectivity index (χ2n) is 4.35. The lowest BCUT2D eigenvalue weighted by Gasteiger charge is -2.05. The minimum Gasteiger partial charge on any atom is -0.497 e. The summed E-state index contributed by atoms with van der Waals surface area (Å²) in [4.78, 5) is 0. The van der Waals surface area contributed by atoms with Gasteiger partial charge in [0.2, 0.25) is 0 Å². The van der Waals surface area contributed by atoms with E-state index >= 15 is 0 Å². The van der Waals surface area contributed by atoms with E-state index in [2.05, 4.69) is 10.3 Å². The number of benzene rings is 2. The van der Waals surface area contributed by atoms with Gasteiger partial charge in [0.25, 0.3) is 0 Å². The van der Waals surface area contributed by atoms with Crippen LogP contribution in [0.15, 0.2) is 36.4 Å². The number of rotatable bonds is 3. The second-order valence-corrected chi connectivity index (χ2v) is 5.16. The maximum atomic E-state index is 6.04. The number of hydrogen-bond acceptors (Lipinski definition) is 3. The summed E-state index contributed by atoms with van der Waals surface area (Å²) in [5, 5.41) is 9.21. The molecule has 0 saturated heterocycles. The number of hydrogen-bond donors (Lipinski definition) is 0. The van der Waals surface area contributed by atoms with Crippen molar-refractivity contribution < 1.29 is 4.74 Å². The van der Waals surface area contributed by atoms with Crippen molar-refractivity contribution in [3.63, 3.8) is 0 Å². The average Bonchev–Trinajstić information content (AvgIpc) is 2.83. The first-order chi connectivity index (χ1) is 9.67. The molecule has 4 nitrogen and oxygen atoms in total. The Morgan fingerprint density at radius 3 is 2.50 bits per heavy atom. The summed E-state index contributed by atoms with van der Waals surface area (Å²) in [6.45, 7) is 0.610. The predicted molar refractivity (Wildman–Crippen MR) is 79.6 cm³/mol. The Bertz CT molecular complexity index is 753. The van der Waals surface area contributed by atoms with Crippen LogP contribution in [0.4, 0.5) is 0 Å². The van der Waals surface area contributed by atoms with Crippen molar-refractivity contribution in [2.45, 2.75) is 6.54 Å². The molecule has 0 aliphatic carbocycles. The molecule has 0 aliphatic heterocycles. The highest BCUT2D eigenvalue weighted by molar-refractivity contribution is 6.42. The molecular formula is C14H11Cl2N3O. The number of methoxy groups -OCH3 is 1. The van der Waals surface area contributed by atoms with Crippen LogP contribution in [0.2, 0.25) is 10.0 Å². The highest BCUT2D eigenvalue weighted by Crippen LogP contribution is 2.27. The Morgan fingerprint density at radius 1 is 1.10 bits per heavy atom. The lowest BCUT2D eigenvalue weighted by Crippen LogP contribution is -2.01. The molecule has 2 aromatic carbocycles. The highest BCUT2D eigenvalue weighted by Gasteiger charge is 2.08. The largest absolute Gasteiger partial charge is 0.497 e. The van der Waals surface area contributed by atoms with Crippen molar-refractivity contribution in [2.75, 3.05) is 7.11 Å². The number of fused-ring (bicyclic) bond motifs is 1. The van der Waals surface area contributed by atoms with Crippen molar-refractivity contribution in [2.24, 2.45) is 0 Å². The maximum Gasteiger partial charge on any atom is 0.118 e. The van der Waals surface area contributed by atoms with Gasteiger partial charge >= 0.3 is 0 Å². The predicted octanol–water partition coefficient (Wildman–Crippen LogP) is 3.80. The molecule has 0 unspecified atom stereocenters. The van der Waals surface area contributed by atoms with E-state index in [4.69, 9.17) is 27.9 Å². The van der Waals surface area contributed by atoms with E-state index in [0.717, 1.165) is 22.3 Å². The molecule has 1 aromatic heterocycles. The van der Waals surface area contributed by atoms with Crippen molar-refractivity contribution in [3.8, 4) is 5.75 Å². The Hall–Kier alpha value is -1.78. The van der Waals surface area contributed by atoms with Crippen LogP contribution in [0.5, 0.6) is 5.75 Å². The van der Waals surface area contributed by atoms with Crippen LogP contribution in [0.3, 0.4) is 0 Å². The second kappa shape index (κ2) is 5.31. The van der Waals surface area contributed by atoms with Crippen molar-refractivity contribution in [1.29, 1.82) is 0 Å². The molecule has 0 aliphatic rings. The standard InChI is InChI=1S/C14H11Cl2N3O/c1-20-10-4-2-9(3-5-10)8-19-14-7-12(16)11(15)6-13(14)17-18-19/h2-7H,8H2,1H3. The van der Waals surface area contributed by atoms with Crippen molar-refractivity contribution in [3.05, 3.63) is 52.0 Å². The molecule has 3 aromatic rings. The van der Waals surface area contributed by atoms with Crippen LogP contribution >= 0.6 is 23.2 Å². The van der Waals surface area contributed by atoms with Crippen LogP contribution in [-0.4, -0.2) is 22.1 Å². The molecule has 0 fully saturated rings. The Kier molecular flexibility index (Phi) is 3.51. The zero-order valence-electron chi connectivity index (χ0n) is 10.7. The van der Waals surface area contributed by atoms with Crippen molar-refractivity contribution in [1.82, 2.24) is 15.0 Å². The van der Waals surface area contributed by atoms with Gasteiger partial charge in [-0.05, 0) is 29.8 Å².